The van der Waals surface area contributed by atoms with E-state index in [9.17, 15) is 8.78 Å². The van der Waals surface area contributed by atoms with E-state index >= 15 is 0 Å². The van der Waals surface area contributed by atoms with Crippen LogP contribution in [0.3, 0.4) is 0 Å². The Bertz CT molecular complexity index is 390. The molecule has 19 heavy (non-hydrogen) atoms. The smallest absolute Gasteiger partial charge is 0.129 e. The summed E-state index contributed by atoms with van der Waals surface area (Å²) in [6.45, 7) is 10.3. The van der Waals surface area contributed by atoms with Crippen molar-refractivity contribution in [1.29, 1.82) is 0 Å². The Morgan fingerprint density at radius 3 is 2.47 bits per heavy atom. The van der Waals surface area contributed by atoms with Gasteiger partial charge in [0.15, 0.2) is 0 Å². The summed E-state index contributed by atoms with van der Waals surface area (Å²) in [4.78, 5) is 2.36. The quantitative estimate of drug-likeness (QED) is 0.759. The molecule has 0 aliphatic carbocycles. The molecule has 1 heterocycles. The Balaban J connectivity index is 0.000000861. The molecule has 1 aromatic carbocycles. The van der Waals surface area contributed by atoms with Gasteiger partial charge in [-0.05, 0) is 50.8 Å². The van der Waals surface area contributed by atoms with Crippen molar-refractivity contribution in [3.63, 3.8) is 0 Å². The number of hydrogen-bond donors (Lipinski definition) is 0. The van der Waals surface area contributed by atoms with E-state index in [-0.39, 0.29) is 5.92 Å². The summed E-state index contributed by atoms with van der Waals surface area (Å²) in [6.07, 6.45) is 2.07. The van der Waals surface area contributed by atoms with Gasteiger partial charge in [0.05, 0.1) is 0 Å². The van der Waals surface area contributed by atoms with Gasteiger partial charge >= 0.3 is 0 Å². The first-order chi connectivity index (χ1) is 9.08. The predicted molar refractivity (Wildman–Crippen MR) is 76.4 cm³/mol. The minimum absolute atomic E-state index is 0.201. The van der Waals surface area contributed by atoms with Gasteiger partial charge in [-0.2, -0.15) is 0 Å². The van der Waals surface area contributed by atoms with Crippen LogP contribution < -0.4 is 0 Å². The lowest BCUT2D eigenvalue weighted by molar-refractivity contribution is 0.166. The van der Waals surface area contributed by atoms with Crippen molar-refractivity contribution in [3.05, 3.63) is 35.4 Å². The van der Waals surface area contributed by atoms with Gasteiger partial charge in [-0.3, -0.25) is 0 Å². The lowest BCUT2D eigenvalue weighted by Gasteiger charge is -2.35. The summed E-state index contributed by atoms with van der Waals surface area (Å²) in [5, 5.41) is 0. The first kappa shape index (κ1) is 16.1. The summed E-state index contributed by atoms with van der Waals surface area (Å²) >= 11 is 0. The topological polar surface area (TPSA) is 3.24 Å². The van der Waals surface area contributed by atoms with Crippen LogP contribution in [0.2, 0.25) is 0 Å². The van der Waals surface area contributed by atoms with Crippen LogP contribution in [0.4, 0.5) is 8.78 Å². The highest BCUT2D eigenvalue weighted by Gasteiger charge is 2.24. The van der Waals surface area contributed by atoms with Crippen molar-refractivity contribution in [2.45, 2.75) is 52.5 Å². The zero-order chi connectivity index (χ0) is 14.4. The van der Waals surface area contributed by atoms with Crippen molar-refractivity contribution in [2.24, 2.45) is 0 Å². The summed E-state index contributed by atoms with van der Waals surface area (Å²) in [5.74, 6) is -0.699. The van der Waals surface area contributed by atoms with Crippen molar-refractivity contribution < 1.29 is 8.78 Å². The molecule has 1 aliphatic heterocycles. The van der Waals surface area contributed by atoms with E-state index in [2.05, 4.69) is 18.7 Å². The fraction of sp³-hybridized carbons (Fsp3) is 0.625. The predicted octanol–water partition coefficient (Wildman–Crippen LogP) is 4.58. The summed E-state index contributed by atoms with van der Waals surface area (Å²) < 4.78 is 26.6. The number of rotatable bonds is 2. The second-order valence-corrected chi connectivity index (χ2v) is 5.09. The van der Waals surface area contributed by atoms with Gasteiger partial charge in [-0.25, -0.2) is 8.78 Å². The number of benzene rings is 1. The molecule has 1 aliphatic rings. The molecule has 0 amide bonds. The van der Waals surface area contributed by atoms with Gasteiger partial charge in [0.1, 0.15) is 11.6 Å². The maximum Gasteiger partial charge on any atom is 0.129 e. The third-order valence-electron chi connectivity index (χ3n) is 3.59. The summed E-state index contributed by atoms with van der Waals surface area (Å²) in [6, 6.07) is 4.43. The molecular formula is C16H25F2N. The van der Waals surface area contributed by atoms with Crippen molar-refractivity contribution in [1.82, 2.24) is 4.90 Å². The minimum atomic E-state index is -0.497. The van der Waals surface area contributed by atoms with Gasteiger partial charge in [0, 0.05) is 18.7 Å². The standard InChI is InChI=1S/C14H19F2N.C2H6/c1-10(2)17-7-3-4-11(9-17)13-6-5-12(15)8-14(13)16;1-2/h5-6,8,10-11H,3-4,7,9H2,1-2H3;1-2H3. The van der Waals surface area contributed by atoms with Crippen LogP contribution >= 0.6 is 0 Å². The van der Waals surface area contributed by atoms with Crippen LogP contribution in [0, 0.1) is 11.6 Å². The lowest BCUT2D eigenvalue weighted by atomic mass is 9.89. The molecule has 0 saturated carbocycles. The fourth-order valence-electron chi connectivity index (χ4n) is 2.56. The third kappa shape index (κ3) is 4.27. The molecule has 3 heteroatoms. The van der Waals surface area contributed by atoms with Crippen LogP contribution in [0.1, 0.15) is 52.0 Å². The number of nitrogens with zero attached hydrogens (tertiary/aromatic N) is 1. The maximum absolute atomic E-state index is 13.7. The molecule has 1 fully saturated rings. The highest BCUT2D eigenvalue weighted by molar-refractivity contribution is 5.23. The second kappa shape index (κ2) is 7.59. The van der Waals surface area contributed by atoms with E-state index < -0.39 is 11.6 Å². The van der Waals surface area contributed by atoms with Gasteiger partial charge in [0.25, 0.3) is 0 Å². The molecule has 1 unspecified atom stereocenters. The van der Waals surface area contributed by atoms with Crippen molar-refractivity contribution in [2.75, 3.05) is 13.1 Å². The monoisotopic (exact) mass is 269 g/mol. The van der Waals surface area contributed by atoms with Crippen LogP contribution in [0.25, 0.3) is 0 Å². The van der Waals surface area contributed by atoms with E-state index in [0.29, 0.717) is 11.6 Å². The molecular weight excluding hydrogens is 244 g/mol. The molecule has 0 N–H and O–H groups in total. The first-order valence-electron chi connectivity index (χ1n) is 7.27. The van der Waals surface area contributed by atoms with Crippen LogP contribution in [0.15, 0.2) is 18.2 Å². The van der Waals surface area contributed by atoms with E-state index in [1.165, 1.54) is 6.07 Å². The Labute approximate surface area is 115 Å². The van der Waals surface area contributed by atoms with Crippen LogP contribution in [-0.2, 0) is 0 Å². The molecule has 2 rings (SSSR count). The highest BCUT2D eigenvalue weighted by atomic mass is 19.1. The van der Waals surface area contributed by atoms with Crippen LogP contribution in [0.5, 0.6) is 0 Å². The lowest BCUT2D eigenvalue weighted by Crippen LogP contribution is -2.39. The SMILES string of the molecule is CC.CC(C)N1CCCC(c2ccc(F)cc2F)C1. The van der Waals surface area contributed by atoms with E-state index in [0.717, 1.165) is 32.0 Å². The first-order valence-corrected chi connectivity index (χ1v) is 7.27. The normalized spacial score (nSPS) is 20.1. The molecule has 108 valence electrons. The Morgan fingerprint density at radius 2 is 1.89 bits per heavy atom. The summed E-state index contributed by atoms with van der Waals surface area (Å²) in [7, 11) is 0. The van der Waals surface area contributed by atoms with E-state index in [1.807, 2.05) is 13.8 Å². The zero-order valence-corrected chi connectivity index (χ0v) is 12.4. The maximum atomic E-state index is 13.7. The van der Waals surface area contributed by atoms with Gasteiger partial charge in [-0.15, -0.1) is 0 Å². The molecule has 1 saturated heterocycles. The van der Waals surface area contributed by atoms with Gasteiger partial charge < -0.3 is 4.90 Å². The Kier molecular flexibility index (Phi) is 6.43. The molecule has 0 aromatic heterocycles. The fourth-order valence-corrected chi connectivity index (χ4v) is 2.56. The van der Waals surface area contributed by atoms with Gasteiger partial charge in [0.2, 0.25) is 0 Å². The minimum Gasteiger partial charge on any atom is -0.300 e. The molecule has 0 bridgehead atoms. The average molecular weight is 269 g/mol. The Morgan fingerprint density at radius 1 is 1.21 bits per heavy atom. The van der Waals surface area contributed by atoms with Crippen LogP contribution in [-0.4, -0.2) is 24.0 Å². The number of likely N-dealkylation sites (tertiary alicyclic amines) is 1. The average Bonchev–Trinajstić information content (AvgIpc) is 2.41. The van der Waals surface area contributed by atoms with Crippen molar-refractivity contribution >= 4 is 0 Å². The largest absolute Gasteiger partial charge is 0.300 e. The molecule has 1 nitrogen and oxygen atoms in total. The van der Waals surface area contributed by atoms with E-state index in [4.69, 9.17) is 0 Å². The number of piperidine rings is 1. The van der Waals surface area contributed by atoms with E-state index in [1.54, 1.807) is 6.07 Å². The summed E-state index contributed by atoms with van der Waals surface area (Å²) in [5.41, 5.74) is 0.664. The highest BCUT2D eigenvalue weighted by Crippen LogP contribution is 2.29. The second-order valence-electron chi connectivity index (χ2n) is 5.09. The molecule has 1 aromatic rings. The van der Waals surface area contributed by atoms with Gasteiger partial charge in [-0.1, -0.05) is 19.9 Å². The van der Waals surface area contributed by atoms with Crippen molar-refractivity contribution in [3.8, 4) is 0 Å². The third-order valence-corrected chi connectivity index (χ3v) is 3.59. The number of hydrogen-bond acceptors (Lipinski definition) is 1. The molecule has 0 spiro atoms. The number of halogens is 2. The zero-order valence-electron chi connectivity index (χ0n) is 12.4. The molecule has 0 radical (unpaired) electrons. The molecule has 1 atom stereocenters. The Hall–Kier alpha value is -0.960.